The molecule has 0 spiro atoms. The molecule has 36 heavy (non-hydrogen) atoms. The number of oxime groups is 1. The van der Waals surface area contributed by atoms with Crippen LogP contribution in [-0.4, -0.2) is 53.2 Å². The standard InChI is InChI=1S/C24H24F5N3O3S/c1-13(24(27,28)29)31-35-12-20(33)32-9-7-14(8-10-32)23-30-21-19(36-23)6-5-15(22(21)34)11-16-17(25)3-2-4-18(16)26/h2-4,14-15H,5-12H2,1H3/b31-13+. The third-order valence-electron chi connectivity index (χ3n) is 6.55. The van der Waals surface area contributed by atoms with Crippen LogP contribution in [0, 0.1) is 17.6 Å². The van der Waals surface area contributed by atoms with Gasteiger partial charge >= 0.3 is 6.18 Å². The molecule has 0 radical (unpaired) electrons. The van der Waals surface area contributed by atoms with Crippen molar-refractivity contribution in [2.45, 2.75) is 51.1 Å². The van der Waals surface area contributed by atoms with Crippen molar-refractivity contribution < 1.29 is 36.4 Å². The molecular formula is C24H24F5N3O3S. The third-order valence-corrected chi connectivity index (χ3v) is 7.82. The molecule has 194 valence electrons. The van der Waals surface area contributed by atoms with Gasteiger partial charge in [0.05, 0.1) is 5.01 Å². The fraction of sp³-hybridized carbons (Fsp3) is 0.500. The van der Waals surface area contributed by atoms with Crippen LogP contribution in [0.3, 0.4) is 0 Å². The normalized spacial score (nSPS) is 19.4. The average Bonchev–Trinajstić information content (AvgIpc) is 3.27. The highest BCUT2D eigenvalue weighted by atomic mass is 32.1. The van der Waals surface area contributed by atoms with Crippen LogP contribution in [-0.2, 0) is 22.5 Å². The Labute approximate surface area is 208 Å². The van der Waals surface area contributed by atoms with E-state index >= 15 is 0 Å². The number of amides is 1. The predicted octanol–water partition coefficient (Wildman–Crippen LogP) is 5.07. The molecule has 2 aliphatic rings. The summed E-state index contributed by atoms with van der Waals surface area (Å²) in [5.74, 6) is -2.50. The first-order chi connectivity index (χ1) is 17.0. The Morgan fingerprint density at radius 3 is 2.50 bits per heavy atom. The van der Waals surface area contributed by atoms with Gasteiger partial charge in [0, 0.05) is 35.4 Å². The summed E-state index contributed by atoms with van der Waals surface area (Å²) in [6.45, 7) is 0.932. The number of fused-ring (bicyclic) bond motifs is 1. The number of alkyl halides is 3. The smallest absolute Gasteiger partial charge is 0.385 e. The molecule has 1 atom stereocenters. The van der Waals surface area contributed by atoms with E-state index in [0.29, 0.717) is 44.5 Å². The van der Waals surface area contributed by atoms with Gasteiger partial charge in [-0.15, -0.1) is 11.3 Å². The third kappa shape index (κ3) is 5.74. The summed E-state index contributed by atoms with van der Waals surface area (Å²) in [5.41, 5.74) is -0.889. The number of piperidine rings is 1. The number of hydrogen-bond acceptors (Lipinski definition) is 6. The van der Waals surface area contributed by atoms with Crippen LogP contribution in [0.1, 0.15) is 58.0 Å². The maximum absolute atomic E-state index is 14.1. The van der Waals surface area contributed by atoms with Gasteiger partial charge in [0.25, 0.3) is 5.91 Å². The lowest BCUT2D eigenvalue weighted by molar-refractivity contribution is -0.137. The van der Waals surface area contributed by atoms with Crippen molar-refractivity contribution in [2.75, 3.05) is 19.7 Å². The number of aromatic nitrogens is 1. The molecule has 1 unspecified atom stereocenters. The van der Waals surface area contributed by atoms with Crippen molar-refractivity contribution in [2.24, 2.45) is 11.1 Å². The number of likely N-dealkylation sites (tertiary alicyclic amines) is 1. The van der Waals surface area contributed by atoms with Crippen LogP contribution in [0.15, 0.2) is 23.4 Å². The van der Waals surface area contributed by atoms with E-state index in [1.807, 2.05) is 0 Å². The second kappa shape index (κ2) is 10.6. The lowest BCUT2D eigenvalue weighted by Crippen LogP contribution is -2.39. The van der Waals surface area contributed by atoms with Gasteiger partial charge in [0.15, 0.2) is 18.1 Å². The lowest BCUT2D eigenvalue weighted by atomic mass is 9.84. The topological polar surface area (TPSA) is 71.9 Å². The average molecular weight is 530 g/mol. The van der Waals surface area contributed by atoms with Crippen LogP contribution in [0.2, 0.25) is 0 Å². The zero-order chi connectivity index (χ0) is 26.0. The molecule has 1 aromatic heterocycles. The van der Waals surface area contributed by atoms with Gasteiger partial charge in [-0.1, -0.05) is 11.2 Å². The Morgan fingerprint density at radius 1 is 1.19 bits per heavy atom. The minimum atomic E-state index is -4.61. The first kappa shape index (κ1) is 26.2. The van der Waals surface area contributed by atoms with E-state index in [1.54, 1.807) is 0 Å². The first-order valence-electron chi connectivity index (χ1n) is 11.5. The van der Waals surface area contributed by atoms with Gasteiger partial charge in [-0.05, 0) is 51.2 Å². The molecule has 4 rings (SSSR count). The van der Waals surface area contributed by atoms with Gasteiger partial charge in [-0.3, -0.25) is 9.59 Å². The van der Waals surface area contributed by atoms with E-state index in [9.17, 15) is 31.5 Å². The molecule has 6 nitrogen and oxygen atoms in total. The summed E-state index contributed by atoms with van der Waals surface area (Å²) in [4.78, 5) is 36.8. The number of ketones is 1. The SMILES string of the molecule is C/C(=N\OCC(=O)N1CCC(c2nc3c(s2)CCC(Cc2c(F)cccc2F)C3=O)CC1)C(F)(F)F. The van der Waals surface area contributed by atoms with Crippen molar-refractivity contribution in [3.05, 3.63) is 51.0 Å². The van der Waals surface area contributed by atoms with Crippen molar-refractivity contribution in [1.29, 1.82) is 0 Å². The van der Waals surface area contributed by atoms with Gasteiger partial charge in [0.1, 0.15) is 17.3 Å². The first-order valence-corrected chi connectivity index (χ1v) is 12.3. The van der Waals surface area contributed by atoms with Crippen molar-refractivity contribution in [3.8, 4) is 0 Å². The summed E-state index contributed by atoms with van der Waals surface area (Å²) < 4.78 is 65.4. The van der Waals surface area contributed by atoms with Crippen molar-refractivity contribution in [1.82, 2.24) is 9.88 Å². The van der Waals surface area contributed by atoms with Crippen LogP contribution in [0.4, 0.5) is 22.0 Å². The van der Waals surface area contributed by atoms with E-state index in [4.69, 9.17) is 0 Å². The summed E-state index contributed by atoms with van der Waals surface area (Å²) in [6, 6.07) is 3.65. The van der Waals surface area contributed by atoms with Crippen LogP contribution in [0.5, 0.6) is 0 Å². The lowest BCUT2D eigenvalue weighted by Gasteiger charge is -2.30. The Morgan fingerprint density at radius 2 is 1.86 bits per heavy atom. The Hall–Kier alpha value is -2.89. The summed E-state index contributed by atoms with van der Waals surface area (Å²) >= 11 is 1.46. The van der Waals surface area contributed by atoms with E-state index < -0.39 is 42.0 Å². The highest BCUT2D eigenvalue weighted by Crippen LogP contribution is 2.37. The Kier molecular flexibility index (Phi) is 7.72. The zero-order valence-electron chi connectivity index (χ0n) is 19.4. The van der Waals surface area contributed by atoms with Crippen molar-refractivity contribution in [3.63, 3.8) is 0 Å². The number of thiazole rings is 1. The Bertz CT molecular complexity index is 1150. The number of carbonyl (C=O) groups is 2. The molecule has 0 saturated carbocycles. The molecule has 1 aromatic carbocycles. The maximum Gasteiger partial charge on any atom is 0.432 e. The largest absolute Gasteiger partial charge is 0.432 e. The molecule has 2 aromatic rings. The van der Waals surface area contributed by atoms with Crippen LogP contribution in [0.25, 0.3) is 0 Å². The van der Waals surface area contributed by atoms with Crippen LogP contribution >= 0.6 is 11.3 Å². The van der Waals surface area contributed by atoms with Gasteiger partial charge in [0.2, 0.25) is 0 Å². The van der Waals surface area contributed by atoms with Gasteiger partial charge in [-0.2, -0.15) is 13.2 Å². The summed E-state index contributed by atoms with van der Waals surface area (Å²) in [6.07, 6.45) is -2.36. The van der Waals surface area contributed by atoms with E-state index in [2.05, 4.69) is 15.0 Å². The molecule has 0 N–H and O–H groups in total. The number of Topliss-reactive ketones (excluding diaryl/α,β-unsaturated/α-hetero) is 1. The second-order valence-corrected chi connectivity index (χ2v) is 10.0. The molecular weight excluding hydrogens is 505 g/mol. The quantitative estimate of drug-likeness (QED) is 0.298. The zero-order valence-corrected chi connectivity index (χ0v) is 20.2. The molecule has 1 aliphatic heterocycles. The highest BCUT2D eigenvalue weighted by molar-refractivity contribution is 7.12. The fourth-order valence-corrected chi connectivity index (χ4v) is 5.66. The van der Waals surface area contributed by atoms with E-state index in [1.165, 1.54) is 34.4 Å². The highest BCUT2D eigenvalue weighted by Gasteiger charge is 2.35. The number of aryl methyl sites for hydroxylation is 1. The molecule has 2 heterocycles. The number of halogens is 5. The van der Waals surface area contributed by atoms with Crippen LogP contribution < -0.4 is 0 Å². The summed E-state index contributed by atoms with van der Waals surface area (Å²) in [5, 5.41) is 3.73. The number of hydrogen-bond donors (Lipinski definition) is 0. The van der Waals surface area contributed by atoms with Gasteiger partial charge in [-0.25, -0.2) is 13.8 Å². The summed E-state index contributed by atoms with van der Waals surface area (Å²) in [7, 11) is 0. The van der Waals surface area contributed by atoms with E-state index in [0.717, 1.165) is 16.8 Å². The number of rotatable bonds is 6. The molecule has 1 fully saturated rings. The monoisotopic (exact) mass is 529 g/mol. The molecule has 1 amide bonds. The molecule has 1 saturated heterocycles. The molecule has 0 bridgehead atoms. The minimum absolute atomic E-state index is 0.0151. The van der Waals surface area contributed by atoms with Gasteiger partial charge < -0.3 is 9.74 Å². The maximum atomic E-state index is 14.1. The number of benzene rings is 1. The molecule has 12 heteroatoms. The van der Waals surface area contributed by atoms with Crippen molar-refractivity contribution >= 4 is 28.7 Å². The second-order valence-electron chi connectivity index (χ2n) is 8.93. The fourth-order valence-electron chi connectivity index (χ4n) is 4.41. The minimum Gasteiger partial charge on any atom is -0.385 e. The number of nitrogens with zero attached hydrogens (tertiary/aromatic N) is 3. The number of carbonyl (C=O) groups excluding carboxylic acids is 2. The Balaban J connectivity index is 1.33. The molecule has 1 aliphatic carbocycles. The predicted molar refractivity (Wildman–Crippen MR) is 122 cm³/mol. The van der Waals surface area contributed by atoms with E-state index in [-0.39, 0.29) is 23.7 Å².